The van der Waals surface area contributed by atoms with Gasteiger partial charge in [-0.3, -0.25) is 0 Å². The van der Waals surface area contributed by atoms with Crippen LogP contribution in [0.1, 0.15) is 17.8 Å². The lowest BCUT2D eigenvalue weighted by molar-refractivity contribution is 0.593. The predicted molar refractivity (Wildman–Crippen MR) is 92.6 cm³/mol. The van der Waals surface area contributed by atoms with Crippen LogP contribution in [0, 0.1) is 6.92 Å². The van der Waals surface area contributed by atoms with Gasteiger partial charge in [-0.25, -0.2) is 13.4 Å². The fourth-order valence-electron chi connectivity index (χ4n) is 2.39. The van der Waals surface area contributed by atoms with Crippen molar-refractivity contribution in [1.29, 1.82) is 0 Å². The fraction of sp³-hybridized carbons (Fsp3) is 0.312. The van der Waals surface area contributed by atoms with E-state index in [1.165, 1.54) is 4.63 Å². The number of hydrogen-bond acceptors (Lipinski definition) is 6. The summed E-state index contributed by atoms with van der Waals surface area (Å²) in [6, 6.07) is 12.9. The van der Waals surface area contributed by atoms with Crippen LogP contribution in [0.5, 0.6) is 0 Å². The topological polar surface area (TPSA) is 89.2 Å². The average Bonchev–Trinajstić information content (AvgIpc) is 2.91. The van der Waals surface area contributed by atoms with Crippen molar-refractivity contribution in [3.05, 3.63) is 53.9 Å². The Labute approximate surface area is 140 Å². The van der Waals surface area contributed by atoms with Crippen LogP contribution < -0.4 is 5.32 Å². The molecule has 0 unspecified atom stereocenters. The van der Waals surface area contributed by atoms with Crippen LogP contribution in [0.2, 0.25) is 0 Å². The third kappa shape index (κ3) is 4.29. The standard InChI is InChI=1S/C16H19N5O2S/c1-13-18-16-9-8-15(20-21(16)19-13)17-10-5-11-24(22,23)12-14-6-3-2-4-7-14/h2-4,6-9H,5,10-12H2,1H3,(H,17,20). The predicted octanol–water partition coefficient (Wildman–Crippen LogP) is 1.85. The Kier molecular flexibility index (Phi) is 4.75. The van der Waals surface area contributed by atoms with E-state index in [-0.39, 0.29) is 11.5 Å². The normalized spacial score (nSPS) is 11.7. The van der Waals surface area contributed by atoms with Crippen molar-refractivity contribution >= 4 is 21.3 Å². The molecule has 0 amide bonds. The van der Waals surface area contributed by atoms with E-state index in [2.05, 4.69) is 20.5 Å². The van der Waals surface area contributed by atoms with Gasteiger partial charge in [0.1, 0.15) is 11.6 Å². The molecule has 24 heavy (non-hydrogen) atoms. The highest BCUT2D eigenvalue weighted by atomic mass is 32.2. The van der Waals surface area contributed by atoms with E-state index in [0.717, 1.165) is 5.56 Å². The molecule has 2 aromatic heterocycles. The maximum Gasteiger partial charge on any atom is 0.176 e. The zero-order valence-corrected chi connectivity index (χ0v) is 14.2. The van der Waals surface area contributed by atoms with Gasteiger partial charge >= 0.3 is 0 Å². The number of hydrogen-bond donors (Lipinski definition) is 1. The number of nitrogens with zero attached hydrogens (tertiary/aromatic N) is 4. The lowest BCUT2D eigenvalue weighted by atomic mass is 10.2. The van der Waals surface area contributed by atoms with Crippen LogP contribution in [0.4, 0.5) is 5.82 Å². The minimum absolute atomic E-state index is 0.0796. The molecule has 0 radical (unpaired) electrons. The molecule has 1 N–H and O–H groups in total. The first-order valence-corrected chi connectivity index (χ1v) is 9.53. The number of benzene rings is 1. The lowest BCUT2D eigenvalue weighted by Gasteiger charge is -2.07. The summed E-state index contributed by atoms with van der Waals surface area (Å²) in [5.74, 6) is 1.52. The molecule has 0 saturated carbocycles. The van der Waals surface area contributed by atoms with Crippen LogP contribution in [-0.2, 0) is 15.6 Å². The molecule has 0 spiro atoms. The van der Waals surface area contributed by atoms with Gasteiger partial charge in [-0.2, -0.15) is 0 Å². The fourth-order valence-corrected chi connectivity index (χ4v) is 3.82. The largest absolute Gasteiger partial charge is 0.369 e. The first-order valence-electron chi connectivity index (χ1n) is 7.71. The molecule has 0 atom stereocenters. The van der Waals surface area contributed by atoms with E-state index in [4.69, 9.17) is 0 Å². The summed E-state index contributed by atoms with van der Waals surface area (Å²) in [6.07, 6.45) is 0.519. The Hall–Kier alpha value is -2.48. The summed E-state index contributed by atoms with van der Waals surface area (Å²) in [5, 5.41) is 11.5. The second kappa shape index (κ2) is 6.96. The van der Waals surface area contributed by atoms with Crippen LogP contribution in [-0.4, -0.2) is 40.5 Å². The SMILES string of the molecule is Cc1nc2ccc(NCCCS(=O)(=O)Cc3ccccc3)nn2n1. The lowest BCUT2D eigenvalue weighted by Crippen LogP contribution is -2.14. The number of rotatable bonds is 7. The Balaban J connectivity index is 1.50. The summed E-state index contributed by atoms with van der Waals surface area (Å²) in [6.45, 7) is 2.33. The quantitative estimate of drug-likeness (QED) is 0.657. The first kappa shape index (κ1) is 16.4. The zero-order chi connectivity index (χ0) is 17.0. The Morgan fingerprint density at radius 2 is 1.88 bits per heavy atom. The average molecular weight is 345 g/mol. The Morgan fingerprint density at radius 3 is 2.67 bits per heavy atom. The number of aryl methyl sites for hydroxylation is 1. The monoisotopic (exact) mass is 345 g/mol. The van der Waals surface area contributed by atoms with E-state index < -0.39 is 9.84 Å². The van der Waals surface area contributed by atoms with Crippen LogP contribution in [0.15, 0.2) is 42.5 Å². The summed E-state index contributed by atoms with van der Waals surface area (Å²) in [4.78, 5) is 4.21. The molecule has 0 bridgehead atoms. The van der Waals surface area contributed by atoms with E-state index in [9.17, 15) is 8.42 Å². The Morgan fingerprint density at radius 1 is 1.08 bits per heavy atom. The summed E-state index contributed by atoms with van der Waals surface area (Å²) >= 11 is 0. The van der Waals surface area contributed by atoms with Crippen LogP contribution >= 0.6 is 0 Å². The number of nitrogens with one attached hydrogen (secondary N) is 1. The van der Waals surface area contributed by atoms with Crippen LogP contribution in [0.3, 0.4) is 0 Å². The molecule has 3 aromatic rings. The van der Waals surface area contributed by atoms with Gasteiger partial charge in [0.15, 0.2) is 15.5 Å². The second-order valence-electron chi connectivity index (χ2n) is 5.58. The highest BCUT2D eigenvalue weighted by molar-refractivity contribution is 7.90. The molecular weight excluding hydrogens is 326 g/mol. The summed E-state index contributed by atoms with van der Waals surface area (Å²) in [5.41, 5.74) is 1.50. The molecular formula is C16H19N5O2S. The second-order valence-corrected chi connectivity index (χ2v) is 7.77. The van der Waals surface area contributed by atoms with Crippen molar-refractivity contribution in [2.45, 2.75) is 19.1 Å². The number of aromatic nitrogens is 4. The molecule has 0 aliphatic heterocycles. The number of sulfone groups is 1. The molecule has 2 heterocycles. The molecule has 0 fully saturated rings. The van der Waals surface area contributed by atoms with Crippen LogP contribution in [0.25, 0.3) is 5.65 Å². The van der Waals surface area contributed by atoms with E-state index >= 15 is 0 Å². The molecule has 0 aliphatic rings. The van der Waals surface area contributed by atoms with Gasteiger partial charge in [-0.1, -0.05) is 30.3 Å². The minimum Gasteiger partial charge on any atom is -0.369 e. The molecule has 8 heteroatoms. The summed E-state index contributed by atoms with van der Waals surface area (Å²) in [7, 11) is -3.11. The van der Waals surface area contributed by atoms with Gasteiger partial charge in [-0.05, 0) is 31.0 Å². The molecule has 3 rings (SSSR count). The van der Waals surface area contributed by atoms with Gasteiger partial charge in [0, 0.05) is 6.54 Å². The van der Waals surface area contributed by atoms with Crippen molar-refractivity contribution in [1.82, 2.24) is 19.8 Å². The molecule has 1 aromatic carbocycles. The van der Waals surface area contributed by atoms with Gasteiger partial charge in [0.05, 0.1) is 11.5 Å². The van der Waals surface area contributed by atoms with Gasteiger partial charge in [0.25, 0.3) is 0 Å². The third-order valence-electron chi connectivity index (χ3n) is 3.48. The van der Waals surface area contributed by atoms with E-state index in [0.29, 0.717) is 30.3 Å². The zero-order valence-electron chi connectivity index (χ0n) is 13.4. The molecule has 0 aliphatic carbocycles. The van der Waals surface area contributed by atoms with Crippen molar-refractivity contribution in [2.75, 3.05) is 17.6 Å². The van der Waals surface area contributed by atoms with Crippen molar-refractivity contribution in [2.24, 2.45) is 0 Å². The van der Waals surface area contributed by atoms with Gasteiger partial charge in [0.2, 0.25) is 0 Å². The van der Waals surface area contributed by atoms with E-state index in [1.54, 1.807) is 6.92 Å². The number of anilines is 1. The smallest absolute Gasteiger partial charge is 0.176 e. The first-order chi connectivity index (χ1) is 11.5. The third-order valence-corrected chi connectivity index (χ3v) is 5.16. The van der Waals surface area contributed by atoms with Gasteiger partial charge in [-0.15, -0.1) is 14.8 Å². The number of fused-ring (bicyclic) bond motifs is 1. The molecule has 126 valence electrons. The van der Waals surface area contributed by atoms with Crippen molar-refractivity contribution < 1.29 is 8.42 Å². The van der Waals surface area contributed by atoms with Crippen molar-refractivity contribution in [3.8, 4) is 0 Å². The van der Waals surface area contributed by atoms with Crippen molar-refractivity contribution in [3.63, 3.8) is 0 Å². The van der Waals surface area contributed by atoms with Gasteiger partial charge < -0.3 is 5.32 Å². The maximum absolute atomic E-state index is 12.1. The Bertz CT molecular complexity index is 922. The molecule has 0 saturated heterocycles. The molecule has 7 nitrogen and oxygen atoms in total. The minimum atomic E-state index is -3.11. The maximum atomic E-state index is 12.1. The highest BCUT2D eigenvalue weighted by Crippen LogP contribution is 2.08. The summed E-state index contributed by atoms with van der Waals surface area (Å²) < 4.78 is 25.7. The van der Waals surface area contributed by atoms with E-state index in [1.807, 2.05) is 42.5 Å². The highest BCUT2D eigenvalue weighted by Gasteiger charge is 2.11.